The van der Waals surface area contributed by atoms with E-state index in [4.69, 9.17) is 14.5 Å². The van der Waals surface area contributed by atoms with E-state index >= 15 is 0 Å². The maximum absolute atomic E-state index is 5.51. The Morgan fingerprint density at radius 2 is 1.92 bits per heavy atom. The number of anilines is 1. The second kappa shape index (κ2) is 6.13. The molecule has 0 radical (unpaired) electrons. The van der Waals surface area contributed by atoms with Crippen LogP contribution in [0.15, 0.2) is 12.1 Å². The number of hydrogen-bond acceptors (Lipinski definition) is 5. The molecular formula is C19H25N3O2. The number of methoxy groups -OCH3 is 2. The van der Waals surface area contributed by atoms with E-state index in [9.17, 15) is 0 Å². The Bertz CT molecular complexity index is 769. The van der Waals surface area contributed by atoms with Crippen molar-refractivity contribution in [3.63, 3.8) is 0 Å². The number of nitrogens with zero attached hydrogens (tertiary/aromatic N) is 2. The highest BCUT2D eigenvalue weighted by atomic mass is 16.5. The molecule has 0 atom stereocenters. The Labute approximate surface area is 143 Å². The first-order valence-corrected chi connectivity index (χ1v) is 8.79. The van der Waals surface area contributed by atoms with Gasteiger partial charge in [0.25, 0.3) is 0 Å². The number of benzene rings is 1. The van der Waals surface area contributed by atoms with E-state index in [2.05, 4.69) is 23.2 Å². The van der Waals surface area contributed by atoms with Crippen LogP contribution in [0.2, 0.25) is 0 Å². The molecule has 0 spiro atoms. The molecule has 5 heteroatoms. The quantitative estimate of drug-likeness (QED) is 0.915. The van der Waals surface area contributed by atoms with Gasteiger partial charge in [-0.25, -0.2) is 0 Å². The highest BCUT2D eigenvalue weighted by molar-refractivity contribution is 5.96. The lowest BCUT2D eigenvalue weighted by Gasteiger charge is -2.40. The minimum Gasteiger partial charge on any atom is -0.493 e. The number of likely N-dealkylation sites (N-methyl/N-ethyl adjacent to an activating group) is 1. The number of nitrogens with one attached hydrogen (secondary N) is 1. The first-order valence-electron chi connectivity index (χ1n) is 8.79. The summed E-state index contributed by atoms with van der Waals surface area (Å²) in [5.74, 6) is 1.50. The van der Waals surface area contributed by atoms with Crippen LogP contribution in [0.4, 0.5) is 5.69 Å². The van der Waals surface area contributed by atoms with Crippen LogP contribution in [-0.2, 0) is 12.8 Å². The number of ether oxygens (including phenoxy) is 2. The predicted octanol–water partition coefficient (Wildman–Crippen LogP) is 2.86. The number of pyridine rings is 1. The molecule has 2 heterocycles. The van der Waals surface area contributed by atoms with Gasteiger partial charge in [-0.3, -0.25) is 9.88 Å². The Morgan fingerprint density at radius 3 is 2.62 bits per heavy atom. The number of likely N-dealkylation sites (tertiary alicyclic amines) is 1. The zero-order valence-corrected chi connectivity index (χ0v) is 14.7. The van der Waals surface area contributed by atoms with Crippen LogP contribution >= 0.6 is 0 Å². The van der Waals surface area contributed by atoms with Gasteiger partial charge in [0.05, 0.1) is 25.8 Å². The Hall–Kier alpha value is -2.01. The lowest BCUT2D eigenvalue weighted by Crippen LogP contribution is -2.54. The van der Waals surface area contributed by atoms with Crippen molar-refractivity contribution < 1.29 is 9.47 Å². The van der Waals surface area contributed by atoms with E-state index < -0.39 is 0 Å². The summed E-state index contributed by atoms with van der Waals surface area (Å²) in [4.78, 5) is 7.35. The van der Waals surface area contributed by atoms with Gasteiger partial charge in [0.1, 0.15) is 0 Å². The fourth-order valence-electron chi connectivity index (χ4n) is 3.88. The number of fused-ring (bicyclic) bond motifs is 2. The topological polar surface area (TPSA) is 46.6 Å². The molecule has 2 aliphatic rings. The van der Waals surface area contributed by atoms with Gasteiger partial charge in [0.2, 0.25) is 0 Å². The molecule has 128 valence electrons. The molecule has 0 saturated carbocycles. The molecule has 0 amide bonds. The molecule has 0 unspecified atom stereocenters. The predicted molar refractivity (Wildman–Crippen MR) is 96.4 cm³/mol. The summed E-state index contributed by atoms with van der Waals surface area (Å²) in [6.45, 7) is 5.57. The van der Waals surface area contributed by atoms with Crippen LogP contribution in [-0.4, -0.2) is 49.8 Å². The zero-order chi connectivity index (χ0) is 16.7. The van der Waals surface area contributed by atoms with Gasteiger partial charge in [-0.05, 0) is 37.4 Å². The minimum absolute atomic E-state index is 0.522. The third-order valence-electron chi connectivity index (χ3n) is 5.27. The number of hydrogen-bond donors (Lipinski definition) is 1. The number of aryl methyl sites for hydroxylation is 1. The van der Waals surface area contributed by atoms with Gasteiger partial charge in [-0.1, -0.05) is 6.92 Å². The Kier molecular flexibility index (Phi) is 3.96. The normalized spacial score (nSPS) is 17.6. The molecule has 0 bridgehead atoms. The highest BCUT2D eigenvalue weighted by Crippen LogP contribution is 2.40. The van der Waals surface area contributed by atoms with E-state index in [1.807, 2.05) is 6.07 Å². The maximum Gasteiger partial charge on any atom is 0.162 e. The fourth-order valence-corrected chi connectivity index (χ4v) is 3.88. The second-order valence-electron chi connectivity index (χ2n) is 6.68. The summed E-state index contributed by atoms with van der Waals surface area (Å²) in [5.41, 5.74) is 4.88. The minimum atomic E-state index is 0.522. The molecule has 1 aromatic heterocycles. The average molecular weight is 327 g/mol. The van der Waals surface area contributed by atoms with E-state index in [0.29, 0.717) is 6.04 Å². The summed E-state index contributed by atoms with van der Waals surface area (Å²) in [6.07, 6.45) is 3.37. The lowest BCUT2D eigenvalue weighted by atomic mass is 10.0. The van der Waals surface area contributed by atoms with Crippen LogP contribution in [0.3, 0.4) is 0 Å². The van der Waals surface area contributed by atoms with E-state index in [0.717, 1.165) is 54.9 Å². The third-order valence-corrected chi connectivity index (χ3v) is 5.27. The van der Waals surface area contributed by atoms with Crippen molar-refractivity contribution in [2.45, 2.75) is 32.2 Å². The van der Waals surface area contributed by atoms with Gasteiger partial charge in [-0.15, -0.1) is 0 Å². The first kappa shape index (κ1) is 15.5. The van der Waals surface area contributed by atoms with Crippen molar-refractivity contribution in [3.8, 4) is 11.5 Å². The second-order valence-corrected chi connectivity index (χ2v) is 6.68. The van der Waals surface area contributed by atoms with E-state index in [1.54, 1.807) is 14.2 Å². The molecule has 1 N–H and O–H groups in total. The van der Waals surface area contributed by atoms with Crippen LogP contribution in [0.25, 0.3) is 10.9 Å². The Morgan fingerprint density at radius 1 is 1.17 bits per heavy atom. The van der Waals surface area contributed by atoms with Crippen molar-refractivity contribution in [1.82, 2.24) is 9.88 Å². The van der Waals surface area contributed by atoms with Crippen LogP contribution in [0.1, 0.15) is 24.6 Å². The fraction of sp³-hybridized carbons (Fsp3) is 0.526. The smallest absolute Gasteiger partial charge is 0.162 e. The highest BCUT2D eigenvalue weighted by Gasteiger charge is 2.28. The number of rotatable bonds is 5. The number of aromatic nitrogens is 1. The summed E-state index contributed by atoms with van der Waals surface area (Å²) >= 11 is 0. The molecule has 1 aliphatic heterocycles. The van der Waals surface area contributed by atoms with E-state index in [-0.39, 0.29) is 0 Å². The molecule has 1 aliphatic carbocycles. The van der Waals surface area contributed by atoms with Gasteiger partial charge < -0.3 is 14.8 Å². The van der Waals surface area contributed by atoms with Crippen molar-refractivity contribution in [3.05, 3.63) is 23.4 Å². The van der Waals surface area contributed by atoms with Crippen LogP contribution in [0, 0.1) is 0 Å². The largest absolute Gasteiger partial charge is 0.493 e. The maximum atomic E-state index is 5.51. The molecular weight excluding hydrogens is 302 g/mol. The first-order chi connectivity index (χ1) is 11.7. The van der Waals surface area contributed by atoms with Gasteiger partial charge in [0.15, 0.2) is 11.5 Å². The SMILES string of the molecule is CCN1CC(Nc2c3c(nc4cc(OC)c(OC)cc24)CCC3)C1. The molecule has 4 rings (SSSR count). The Balaban J connectivity index is 1.80. The zero-order valence-electron chi connectivity index (χ0n) is 14.7. The van der Waals surface area contributed by atoms with Crippen molar-refractivity contribution in [2.24, 2.45) is 0 Å². The summed E-state index contributed by atoms with van der Waals surface area (Å²) in [5, 5.41) is 4.94. The summed E-state index contributed by atoms with van der Waals surface area (Å²) in [6, 6.07) is 4.59. The van der Waals surface area contributed by atoms with Crippen molar-refractivity contribution in [1.29, 1.82) is 0 Å². The van der Waals surface area contributed by atoms with Gasteiger partial charge in [0, 0.05) is 35.9 Å². The summed E-state index contributed by atoms with van der Waals surface area (Å²) < 4.78 is 11.0. The van der Waals surface area contributed by atoms with Crippen LogP contribution < -0.4 is 14.8 Å². The molecule has 1 aromatic carbocycles. The molecule has 2 aromatic rings. The average Bonchev–Trinajstić information content (AvgIpc) is 3.03. The van der Waals surface area contributed by atoms with E-state index in [1.165, 1.54) is 23.4 Å². The van der Waals surface area contributed by atoms with Gasteiger partial charge in [-0.2, -0.15) is 0 Å². The molecule has 5 nitrogen and oxygen atoms in total. The van der Waals surface area contributed by atoms with Crippen molar-refractivity contribution in [2.75, 3.05) is 39.2 Å². The van der Waals surface area contributed by atoms with Crippen LogP contribution in [0.5, 0.6) is 11.5 Å². The molecule has 1 fully saturated rings. The van der Waals surface area contributed by atoms with Gasteiger partial charge >= 0.3 is 0 Å². The third kappa shape index (κ3) is 2.47. The monoisotopic (exact) mass is 327 g/mol. The van der Waals surface area contributed by atoms with Crippen molar-refractivity contribution >= 4 is 16.6 Å². The molecule has 1 saturated heterocycles. The molecule has 24 heavy (non-hydrogen) atoms. The summed E-state index contributed by atoms with van der Waals surface area (Å²) in [7, 11) is 3.35. The standard InChI is InChI=1S/C19H25N3O2/c1-4-22-10-12(11-22)20-19-13-6-5-7-15(13)21-16-9-18(24-3)17(23-2)8-14(16)19/h8-9,12H,4-7,10-11H2,1-3H3,(H,20,21). The lowest BCUT2D eigenvalue weighted by molar-refractivity contribution is 0.171.